The molecule has 3 aromatic carbocycles. The summed E-state index contributed by atoms with van der Waals surface area (Å²) < 4.78 is 36.3. The summed E-state index contributed by atoms with van der Waals surface area (Å²) in [6.07, 6.45) is -2.06. The molecule has 4 rings (SSSR count). The van der Waals surface area contributed by atoms with Crippen LogP contribution in [0.25, 0.3) is 0 Å². The first kappa shape index (κ1) is 25.3. The van der Waals surface area contributed by atoms with Crippen molar-refractivity contribution in [1.82, 2.24) is 9.55 Å². The van der Waals surface area contributed by atoms with E-state index in [0.717, 1.165) is 16.7 Å². The van der Waals surface area contributed by atoms with Gasteiger partial charge in [-0.15, -0.1) is 0 Å². The molecule has 1 N–H and O–H groups in total. The maximum atomic E-state index is 14.9. The second-order valence-corrected chi connectivity index (χ2v) is 8.54. The Labute approximate surface area is 209 Å². The van der Waals surface area contributed by atoms with E-state index in [0.29, 0.717) is 5.69 Å². The highest BCUT2D eigenvalue weighted by Crippen LogP contribution is 2.43. The molecule has 0 aliphatic heterocycles. The van der Waals surface area contributed by atoms with Crippen molar-refractivity contribution in [2.45, 2.75) is 37.8 Å². The minimum absolute atomic E-state index is 0.0214. The van der Waals surface area contributed by atoms with E-state index in [1.807, 2.05) is 95.6 Å². The molecular weight excluding hydrogens is 462 g/mol. The van der Waals surface area contributed by atoms with Crippen LogP contribution in [0.3, 0.4) is 0 Å². The predicted molar refractivity (Wildman–Crippen MR) is 133 cm³/mol. The lowest BCUT2D eigenvalue weighted by atomic mass is 9.76. The summed E-state index contributed by atoms with van der Waals surface area (Å²) >= 11 is 0. The van der Waals surface area contributed by atoms with Crippen molar-refractivity contribution in [3.05, 3.63) is 125 Å². The van der Waals surface area contributed by atoms with E-state index in [1.165, 1.54) is 13.3 Å². The first-order valence-electron chi connectivity index (χ1n) is 11.7. The van der Waals surface area contributed by atoms with Crippen molar-refractivity contribution >= 4 is 5.97 Å². The number of halogens is 2. The number of alkyl halides is 2. The quantitative estimate of drug-likeness (QED) is 0.243. The summed E-state index contributed by atoms with van der Waals surface area (Å²) in [6, 6.07) is 29.1. The number of aliphatic hydroxyl groups excluding tert-OH is 1. The van der Waals surface area contributed by atoms with E-state index in [4.69, 9.17) is 0 Å². The van der Waals surface area contributed by atoms with Gasteiger partial charge in [0.2, 0.25) is 0 Å². The van der Waals surface area contributed by atoms with Crippen molar-refractivity contribution in [1.29, 1.82) is 0 Å². The molecule has 0 radical (unpaired) electrons. The Morgan fingerprint density at radius 2 is 1.36 bits per heavy atom. The maximum Gasteiger partial charge on any atom is 0.312 e. The van der Waals surface area contributed by atoms with Crippen molar-refractivity contribution < 1.29 is 23.4 Å². The van der Waals surface area contributed by atoms with Gasteiger partial charge in [-0.2, -0.15) is 0 Å². The standard InChI is InChI=1S/C29H28F2N2O3/c1-3-36-25(34)19-28(30,31)27(35)26-21(2)33(20-32-26)29(22-13-7-4-8-14-22,23-15-9-5-10-16-23)24-17-11-6-12-18-24/h4-18,20,27,35H,3,19H2,1-2H3. The van der Waals surface area contributed by atoms with Gasteiger partial charge < -0.3 is 14.4 Å². The molecule has 4 aromatic rings. The number of esters is 1. The van der Waals surface area contributed by atoms with Gasteiger partial charge in [-0.1, -0.05) is 91.0 Å². The number of rotatable bonds is 9. The Kier molecular flexibility index (Phi) is 7.31. The van der Waals surface area contributed by atoms with Crippen LogP contribution in [0.2, 0.25) is 0 Å². The van der Waals surface area contributed by atoms with E-state index >= 15 is 0 Å². The Morgan fingerprint density at radius 1 is 0.917 bits per heavy atom. The van der Waals surface area contributed by atoms with Crippen LogP contribution in [-0.2, 0) is 15.1 Å². The van der Waals surface area contributed by atoms with E-state index in [1.54, 1.807) is 6.92 Å². The van der Waals surface area contributed by atoms with E-state index in [-0.39, 0.29) is 12.3 Å². The van der Waals surface area contributed by atoms with Crippen molar-refractivity contribution in [3.63, 3.8) is 0 Å². The lowest BCUT2D eigenvalue weighted by molar-refractivity contribution is -0.163. The first-order valence-corrected chi connectivity index (χ1v) is 11.7. The fourth-order valence-corrected chi connectivity index (χ4v) is 4.69. The molecule has 0 fully saturated rings. The Hall–Kier alpha value is -3.84. The minimum atomic E-state index is -3.76. The zero-order chi connectivity index (χ0) is 25.8. The Bertz CT molecular complexity index is 1200. The zero-order valence-electron chi connectivity index (χ0n) is 20.1. The lowest BCUT2D eigenvalue weighted by Crippen LogP contribution is -2.38. The van der Waals surface area contributed by atoms with Crippen LogP contribution in [0.15, 0.2) is 97.3 Å². The van der Waals surface area contributed by atoms with Gasteiger partial charge in [-0.05, 0) is 30.5 Å². The van der Waals surface area contributed by atoms with E-state index < -0.39 is 30.0 Å². The molecule has 5 nitrogen and oxygen atoms in total. The van der Waals surface area contributed by atoms with Crippen molar-refractivity contribution in [2.75, 3.05) is 6.61 Å². The first-order chi connectivity index (χ1) is 17.3. The summed E-state index contributed by atoms with van der Waals surface area (Å²) in [5.74, 6) is -4.84. The van der Waals surface area contributed by atoms with Crippen molar-refractivity contribution in [3.8, 4) is 0 Å². The molecule has 1 unspecified atom stereocenters. The van der Waals surface area contributed by atoms with Crippen LogP contribution < -0.4 is 0 Å². The summed E-state index contributed by atoms with van der Waals surface area (Å²) in [5, 5.41) is 10.7. The molecule has 0 spiro atoms. The van der Waals surface area contributed by atoms with Crippen LogP contribution in [0, 0.1) is 6.92 Å². The number of carbonyl (C=O) groups excluding carboxylic acids is 1. The van der Waals surface area contributed by atoms with Crippen LogP contribution in [0.5, 0.6) is 0 Å². The Morgan fingerprint density at radius 3 is 1.78 bits per heavy atom. The third kappa shape index (κ3) is 4.54. The molecule has 7 heteroatoms. The van der Waals surface area contributed by atoms with Gasteiger partial charge in [0.15, 0.2) is 6.10 Å². The van der Waals surface area contributed by atoms with Crippen LogP contribution in [0.4, 0.5) is 8.78 Å². The average Bonchev–Trinajstić information content (AvgIpc) is 3.27. The second kappa shape index (κ2) is 10.4. The number of aromatic nitrogens is 2. The molecule has 1 aromatic heterocycles. The molecule has 0 amide bonds. The van der Waals surface area contributed by atoms with Gasteiger partial charge in [0, 0.05) is 5.69 Å². The number of aliphatic hydroxyl groups is 1. The number of nitrogens with zero attached hydrogens (tertiary/aromatic N) is 2. The maximum absolute atomic E-state index is 14.9. The lowest BCUT2D eigenvalue weighted by Gasteiger charge is -2.38. The fourth-order valence-electron chi connectivity index (χ4n) is 4.69. The molecule has 1 heterocycles. The molecule has 0 saturated carbocycles. The average molecular weight is 491 g/mol. The van der Waals surface area contributed by atoms with Gasteiger partial charge in [-0.25, -0.2) is 13.8 Å². The van der Waals surface area contributed by atoms with Gasteiger partial charge in [0.1, 0.15) is 12.0 Å². The van der Waals surface area contributed by atoms with Crippen molar-refractivity contribution in [2.24, 2.45) is 0 Å². The summed E-state index contributed by atoms with van der Waals surface area (Å²) in [4.78, 5) is 16.0. The highest BCUT2D eigenvalue weighted by atomic mass is 19.3. The predicted octanol–water partition coefficient (Wildman–Crippen LogP) is 5.65. The smallest absolute Gasteiger partial charge is 0.312 e. The molecule has 186 valence electrons. The molecule has 1 atom stereocenters. The number of carbonyl (C=O) groups is 1. The van der Waals surface area contributed by atoms with Gasteiger partial charge in [-0.3, -0.25) is 4.79 Å². The number of benzene rings is 3. The minimum Gasteiger partial charge on any atom is -0.466 e. The third-order valence-corrected chi connectivity index (χ3v) is 6.32. The van der Waals surface area contributed by atoms with Crippen LogP contribution in [0.1, 0.15) is 47.5 Å². The van der Waals surface area contributed by atoms with Crippen LogP contribution >= 0.6 is 0 Å². The summed E-state index contributed by atoms with van der Waals surface area (Å²) in [5.41, 5.74) is 1.86. The summed E-state index contributed by atoms with van der Waals surface area (Å²) in [7, 11) is 0. The molecule has 0 bridgehead atoms. The van der Waals surface area contributed by atoms with E-state index in [9.17, 15) is 18.7 Å². The molecular formula is C29H28F2N2O3. The number of hydrogen-bond donors (Lipinski definition) is 1. The number of ether oxygens (including phenoxy) is 1. The van der Waals surface area contributed by atoms with Crippen LogP contribution in [-0.4, -0.2) is 33.2 Å². The third-order valence-electron chi connectivity index (χ3n) is 6.32. The molecule has 0 aliphatic rings. The summed E-state index contributed by atoms with van der Waals surface area (Å²) in [6.45, 7) is 3.16. The molecule has 36 heavy (non-hydrogen) atoms. The number of hydrogen-bond acceptors (Lipinski definition) is 4. The largest absolute Gasteiger partial charge is 0.466 e. The molecule has 0 aliphatic carbocycles. The van der Waals surface area contributed by atoms with E-state index in [2.05, 4.69) is 9.72 Å². The fraction of sp³-hybridized carbons (Fsp3) is 0.241. The normalized spacial score (nSPS) is 12.8. The topological polar surface area (TPSA) is 64.3 Å². The second-order valence-electron chi connectivity index (χ2n) is 8.54. The van der Waals surface area contributed by atoms with Gasteiger partial charge in [0.05, 0.1) is 18.6 Å². The zero-order valence-corrected chi connectivity index (χ0v) is 20.1. The van der Waals surface area contributed by atoms with Gasteiger partial charge in [0.25, 0.3) is 5.92 Å². The molecule has 0 saturated heterocycles. The Balaban J connectivity index is 1.93. The van der Waals surface area contributed by atoms with Gasteiger partial charge >= 0.3 is 5.97 Å². The highest BCUT2D eigenvalue weighted by molar-refractivity contribution is 5.70. The highest BCUT2D eigenvalue weighted by Gasteiger charge is 2.46. The number of imidazole rings is 1. The SMILES string of the molecule is CCOC(=O)CC(F)(F)C(O)c1ncn(C(c2ccccc2)(c2ccccc2)c2ccccc2)c1C. The monoisotopic (exact) mass is 490 g/mol.